The number of pyridine rings is 1. The van der Waals surface area contributed by atoms with Gasteiger partial charge in [-0.1, -0.05) is 22.7 Å². The molecule has 11 heteroatoms. The van der Waals surface area contributed by atoms with E-state index in [0.717, 1.165) is 11.3 Å². The fourth-order valence-electron chi connectivity index (χ4n) is 2.33. The largest absolute Gasteiger partial charge is 0.434 e. The number of hydrogen-bond acceptors (Lipinski definition) is 6. The Bertz CT molecular complexity index is 993. The van der Waals surface area contributed by atoms with Crippen molar-refractivity contribution in [3.05, 3.63) is 44.1 Å². The predicted octanol–water partition coefficient (Wildman–Crippen LogP) is 3.60. The van der Waals surface area contributed by atoms with Crippen LogP contribution in [-0.2, 0) is 22.2 Å². The highest BCUT2D eigenvalue weighted by Crippen LogP contribution is 2.34. The van der Waals surface area contributed by atoms with E-state index in [1.54, 1.807) is 13.0 Å². The molecule has 0 fully saturated rings. The molecule has 0 atom stereocenters. The van der Waals surface area contributed by atoms with Gasteiger partial charge in [0.2, 0.25) is 5.91 Å². The number of thiazole rings is 1. The number of nitrogens with one attached hydrogen (secondary N) is 1. The normalized spacial score (nSPS) is 11.6. The minimum atomic E-state index is -4.62. The Hall–Kier alpha value is -2.64. The van der Waals surface area contributed by atoms with Crippen LogP contribution in [0.4, 0.5) is 13.2 Å². The highest BCUT2D eigenvalue weighted by atomic mass is 35.5. The average molecular weight is 445 g/mol. The molecule has 2 aromatic heterocycles. The van der Waals surface area contributed by atoms with Crippen molar-refractivity contribution >= 4 is 34.6 Å². The third kappa shape index (κ3) is 6.17. The summed E-state index contributed by atoms with van der Waals surface area (Å²) in [6.45, 7) is 2.98. The van der Waals surface area contributed by atoms with Gasteiger partial charge in [-0.2, -0.15) is 13.2 Å². The van der Waals surface area contributed by atoms with Gasteiger partial charge in [0.15, 0.2) is 5.69 Å². The highest BCUT2D eigenvalue weighted by Gasteiger charge is 2.37. The first-order valence-corrected chi connectivity index (χ1v) is 9.34. The van der Waals surface area contributed by atoms with Crippen molar-refractivity contribution < 1.29 is 22.8 Å². The van der Waals surface area contributed by atoms with Crippen LogP contribution in [0.25, 0.3) is 0 Å². The second-order valence-corrected chi connectivity index (χ2v) is 7.30. The summed E-state index contributed by atoms with van der Waals surface area (Å²) in [5, 5.41) is 6.78. The monoisotopic (exact) mass is 444 g/mol. The Kier molecular flexibility index (Phi) is 7.59. The van der Waals surface area contributed by atoms with Crippen LogP contribution in [0, 0.1) is 18.8 Å². The molecule has 0 aliphatic heterocycles. The average Bonchev–Trinajstić information content (AvgIpc) is 3.00. The molecule has 0 unspecified atom stereocenters. The number of rotatable bonds is 6. The number of aryl methyl sites for hydroxylation is 1. The fourth-order valence-corrected chi connectivity index (χ4v) is 3.56. The van der Waals surface area contributed by atoms with E-state index in [1.807, 2.05) is 0 Å². The van der Waals surface area contributed by atoms with Gasteiger partial charge in [-0.05, 0) is 19.9 Å². The third-order valence-corrected chi connectivity index (χ3v) is 4.69. The van der Waals surface area contributed by atoms with E-state index in [2.05, 4.69) is 32.3 Å². The lowest BCUT2D eigenvalue weighted by atomic mass is 10.2. The van der Waals surface area contributed by atoms with Gasteiger partial charge in [0.1, 0.15) is 18.5 Å². The highest BCUT2D eigenvalue weighted by molar-refractivity contribution is 7.11. The van der Waals surface area contributed by atoms with E-state index in [-0.39, 0.29) is 32.9 Å². The van der Waals surface area contributed by atoms with Crippen molar-refractivity contribution in [2.75, 3.05) is 13.7 Å². The standard InChI is InChI=1S/C18H16ClF3N4O2S/c1-4-5-11-6-12(19)16(24-8-11)13(26-28-3)9-23-15(27)7-14-17(18(20,21)22)25-10(2)29-14/h6,8H,7,9H2,1-3H3,(H,23,27)/b26-13+. The second kappa shape index (κ2) is 9.71. The van der Waals surface area contributed by atoms with E-state index in [9.17, 15) is 18.0 Å². The first kappa shape index (κ1) is 22.6. The van der Waals surface area contributed by atoms with Crippen LogP contribution in [0.1, 0.15) is 33.8 Å². The Morgan fingerprint density at radius 2 is 2.17 bits per heavy atom. The molecule has 0 aliphatic rings. The summed E-state index contributed by atoms with van der Waals surface area (Å²) in [4.78, 5) is 24.5. The summed E-state index contributed by atoms with van der Waals surface area (Å²) in [5.74, 6) is 4.90. The molecule has 0 saturated heterocycles. The summed E-state index contributed by atoms with van der Waals surface area (Å²) >= 11 is 7.03. The predicted molar refractivity (Wildman–Crippen MR) is 104 cm³/mol. The molecule has 2 aromatic rings. The summed E-state index contributed by atoms with van der Waals surface area (Å²) in [7, 11) is 1.31. The van der Waals surface area contributed by atoms with Crippen LogP contribution in [0.2, 0.25) is 5.02 Å². The number of hydrogen-bond donors (Lipinski definition) is 1. The van der Waals surface area contributed by atoms with Gasteiger partial charge in [-0.15, -0.1) is 17.3 Å². The molecular weight excluding hydrogens is 429 g/mol. The Morgan fingerprint density at radius 1 is 1.45 bits per heavy atom. The third-order valence-electron chi connectivity index (χ3n) is 3.43. The summed E-state index contributed by atoms with van der Waals surface area (Å²) in [6.07, 6.45) is -3.60. The smallest absolute Gasteiger partial charge is 0.399 e. The molecule has 0 aromatic carbocycles. The maximum atomic E-state index is 13.0. The van der Waals surface area contributed by atoms with Crippen LogP contribution in [0.5, 0.6) is 0 Å². The van der Waals surface area contributed by atoms with Crippen LogP contribution < -0.4 is 5.32 Å². The quantitative estimate of drug-likeness (QED) is 0.419. The second-order valence-electron chi connectivity index (χ2n) is 5.61. The molecule has 0 saturated carbocycles. The molecule has 0 spiro atoms. The lowest BCUT2D eigenvalue weighted by Gasteiger charge is -2.10. The maximum absolute atomic E-state index is 13.0. The molecule has 154 valence electrons. The van der Waals surface area contributed by atoms with E-state index < -0.39 is 24.2 Å². The van der Waals surface area contributed by atoms with Crippen LogP contribution in [-0.4, -0.2) is 35.2 Å². The maximum Gasteiger partial charge on any atom is 0.434 e. The van der Waals surface area contributed by atoms with Gasteiger partial charge in [0.05, 0.1) is 23.0 Å². The topological polar surface area (TPSA) is 76.5 Å². The first-order chi connectivity index (χ1) is 13.7. The zero-order valence-corrected chi connectivity index (χ0v) is 17.2. The number of carbonyl (C=O) groups is 1. The Morgan fingerprint density at radius 3 is 2.76 bits per heavy atom. The van der Waals surface area contributed by atoms with E-state index in [0.29, 0.717) is 5.56 Å². The molecule has 1 amide bonds. The van der Waals surface area contributed by atoms with Crippen molar-refractivity contribution in [1.82, 2.24) is 15.3 Å². The van der Waals surface area contributed by atoms with Gasteiger partial charge >= 0.3 is 6.18 Å². The number of nitrogens with zero attached hydrogens (tertiary/aromatic N) is 3. The zero-order valence-electron chi connectivity index (χ0n) is 15.6. The van der Waals surface area contributed by atoms with Crippen molar-refractivity contribution in [2.24, 2.45) is 5.16 Å². The molecule has 0 aliphatic carbocycles. The molecule has 0 radical (unpaired) electrons. The SMILES string of the molecule is CC#Cc1cnc(/C(CNC(=O)Cc2sc(C)nc2C(F)(F)F)=N/OC)c(Cl)c1. The lowest BCUT2D eigenvalue weighted by Crippen LogP contribution is -2.32. The minimum absolute atomic E-state index is 0.142. The zero-order chi connectivity index (χ0) is 21.6. The van der Waals surface area contributed by atoms with Crippen molar-refractivity contribution in [1.29, 1.82) is 0 Å². The number of carbonyl (C=O) groups excluding carboxylic acids is 1. The van der Waals surface area contributed by atoms with Crippen LogP contribution in [0.15, 0.2) is 17.4 Å². The molecule has 2 rings (SSSR count). The minimum Gasteiger partial charge on any atom is -0.399 e. The molecule has 2 heterocycles. The fraction of sp³-hybridized carbons (Fsp3) is 0.333. The number of oxime groups is 1. The molecule has 0 bridgehead atoms. The van der Waals surface area contributed by atoms with Gasteiger partial charge in [0, 0.05) is 16.6 Å². The number of aromatic nitrogens is 2. The summed E-state index contributed by atoms with van der Waals surface area (Å²) in [5.41, 5.74) is 0.0269. The Labute approximate surface area is 174 Å². The van der Waals surface area contributed by atoms with E-state index in [1.165, 1.54) is 20.2 Å². The van der Waals surface area contributed by atoms with Gasteiger partial charge in [-0.25, -0.2) is 4.98 Å². The van der Waals surface area contributed by atoms with Crippen LogP contribution in [0.3, 0.4) is 0 Å². The van der Waals surface area contributed by atoms with Crippen LogP contribution >= 0.6 is 22.9 Å². The number of halogens is 4. The molecule has 6 nitrogen and oxygen atoms in total. The molecular formula is C18H16ClF3N4O2S. The molecule has 1 N–H and O–H groups in total. The van der Waals surface area contributed by atoms with Gasteiger partial charge < -0.3 is 10.2 Å². The summed E-state index contributed by atoms with van der Waals surface area (Å²) < 4.78 is 39.1. The number of alkyl halides is 3. The Balaban J connectivity index is 2.13. The van der Waals surface area contributed by atoms with Gasteiger partial charge in [-0.3, -0.25) is 9.78 Å². The lowest BCUT2D eigenvalue weighted by molar-refractivity contribution is -0.141. The van der Waals surface area contributed by atoms with Gasteiger partial charge in [0.25, 0.3) is 0 Å². The summed E-state index contributed by atoms with van der Waals surface area (Å²) in [6, 6.07) is 1.59. The molecule has 29 heavy (non-hydrogen) atoms. The number of amides is 1. The van der Waals surface area contributed by atoms with E-state index in [4.69, 9.17) is 16.4 Å². The van der Waals surface area contributed by atoms with Crippen molar-refractivity contribution in [3.63, 3.8) is 0 Å². The van der Waals surface area contributed by atoms with E-state index >= 15 is 0 Å². The van der Waals surface area contributed by atoms with Crippen molar-refractivity contribution in [3.8, 4) is 11.8 Å². The first-order valence-electron chi connectivity index (χ1n) is 8.14. The van der Waals surface area contributed by atoms with Crippen molar-refractivity contribution in [2.45, 2.75) is 26.4 Å².